The van der Waals surface area contributed by atoms with Crippen molar-refractivity contribution < 1.29 is 9.90 Å². The molecule has 1 heterocycles. The fourth-order valence-electron chi connectivity index (χ4n) is 1.88. The number of carbonyl (C=O) groups is 1. The highest BCUT2D eigenvalue weighted by Crippen LogP contribution is 2.05. The molecule has 0 spiro atoms. The fourth-order valence-corrected chi connectivity index (χ4v) is 1.88. The van der Waals surface area contributed by atoms with Crippen LogP contribution in [0.2, 0.25) is 0 Å². The maximum Gasteiger partial charge on any atom is 0.304 e. The molecule has 0 aromatic carbocycles. The van der Waals surface area contributed by atoms with Crippen LogP contribution >= 0.6 is 0 Å². The third-order valence-electron chi connectivity index (χ3n) is 2.88. The molecular formula is C13H20N2O2. The van der Waals surface area contributed by atoms with E-state index < -0.39 is 5.97 Å². The van der Waals surface area contributed by atoms with Crippen molar-refractivity contribution in [3.63, 3.8) is 0 Å². The van der Waals surface area contributed by atoms with E-state index in [1.54, 1.807) is 6.20 Å². The minimum Gasteiger partial charge on any atom is -0.481 e. The molecule has 0 aliphatic rings. The summed E-state index contributed by atoms with van der Waals surface area (Å²) in [6.45, 7) is 5.72. The number of hydrogen-bond donors (Lipinski definition) is 1. The number of aliphatic carboxylic acids is 1. The second kappa shape index (κ2) is 7.01. The molecule has 0 amide bonds. The first-order chi connectivity index (χ1) is 8.13. The first-order valence-electron chi connectivity index (χ1n) is 5.99. The number of aromatic nitrogens is 1. The molecule has 94 valence electrons. The highest BCUT2D eigenvalue weighted by Gasteiger charge is 2.15. The van der Waals surface area contributed by atoms with Gasteiger partial charge in [0.15, 0.2) is 0 Å². The van der Waals surface area contributed by atoms with E-state index >= 15 is 0 Å². The first-order valence-corrected chi connectivity index (χ1v) is 5.99. The van der Waals surface area contributed by atoms with Gasteiger partial charge in [-0.25, -0.2) is 0 Å². The maximum absolute atomic E-state index is 10.7. The van der Waals surface area contributed by atoms with Gasteiger partial charge in [0.1, 0.15) is 0 Å². The Hall–Kier alpha value is -1.42. The summed E-state index contributed by atoms with van der Waals surface area (Å²) in [7, 11) is 0. The third kappa shape index (κ3) is 4.95. The van der Waals surface area contributed by atoms with Crippen LogP contribution < -0.4 is 0 Å². The second-order valence-corrected chi connectivity index (χ2v) is 4.15. The fraction of sp³-hybridized carbons (Fsp3) is 0.538. The van der Waals surface area contributed by atoms with Gasteiger partial charge in [0.05, 0.1) is 6.42 Å². The van der Waals surface area contributed by atoms with E-state index in [9.17, 15) is 4.79 Å². The topological polar surface area (TPSA) is 53.4 Å². The van der Waals surface area contributed by atoms with Crippen molar-refractivity contribution in [3.8, 4) is 0 Å². The monoisotopic (exact) mass is 236 g/mol. The van der Waals surface area contributed by atoms with E-state index in [-0.39, 0.29) is 12.5 Å². The van der Waals surface area contributed by atoms with Crippen LogP contribution in [0.1, 0.15) is 26.0 Å². The zero-order valence-corrected chi connectivity index (χ0v) is 10.5. The first kappa shape index (κ1) is 13.6. The summed E-state index contributed by atoms with van der Waals surface area (Å²) in [5.41, 5.74) is 1.05. The van der Waals surface area contributed by atoms with Crippen LogP contribution in [0.25, 0.3) is 0 Å². The van der Waals surface area contributed by atoms with E-state index in [0.717, 1.165) is 25.2 Å². The molecular weight excluding hydrogens is 216 g/mol. The van der Waals surface area contributed by atoms with E-state index in [1.165, 1.54) is 0 Å². The average molecular weight is 236 g/mol. The highest BCUT2D eigenvalue weighted by molar-refractivity contribution is 5.67. The Balaban J connectivity index is 2.44. The van der Waals surface area contributed by atoms with Crippen molar-refractivity contribution in [3.05, 3.63) is 30.1 Å². The van der Waals surface area contributed by atoms with E-state index in [0.29, 0.717) is 0 Å². The van der Waals surface area contributed by atoms with Crippen molar-refractivity contribution >= 4 is 5.97 Å². The molecule has 0 saturated carbocycles. The van der Waals surface area contributed by atoms with Gasteiger partial charge in [-0.1, -0.05) is 13.0 Å². The number of likely N-dealkylation sites (N-methyl/N-ethyl adjacent to an activating group) is 1. The normalized spacial score (nSPS) is 12.6. The Morgan fingerprint density at radius 2 is 2.29 bits per heavy atom. The predicted octanol–water partition coefficient (Wildman–Crippen LogP) is 1.81. The van der Waals surface area contributed by atoms with Crippen LogP contribution in [-0.2, 0) is 11.2 Å². The van der Waals surface area contributed by atoms with Crippen molar-refractivity contribution in [2.24, 2.45) is 0 Å². The lowest BCUT2D eigenvalue weighted by Gasteiger charge is -2.26. The van der Waals surface area contributed by atoms with E-state index in [1.807, 2.05) is 25.1 Å². The van der Waals surface area contributed by atoms with Gasteiger partial charge in [0.2, 0.25) is 0 Å². The second-order valence-electron chi connectivity index (χ2n) is 4.15. The van der Waals surface area contributed by atoms with Crippen molar-refractivity contribution in [1.82, 2.24) is 9.88 Å². The Morgan fingerprint density at radius 1 is 1.53 bits per heavy atom. The van der Waals surface area contributed by atoms with Gasteiger partial charge in [0, 0.05) is 30.9 Å². The number of rotatable bonds is 7. The van der Waals surface area contributed by atoms with Crippen molar-refractivity contribution in [2.75, 3.05) is 13.1 Å². The number of carboxylic acid groups (broad SMARTS) is 1. The van der Waals surface area contributed by atoms with Gasteiger partial charge in [-0.3, -0.25) is 14.7 Å². The van der Waals surface area contributed by atoms with E-state index in [2.05, 4.69) is 16.8 Å². The number of pyridine rings is 1. The largest absolute Gasteiger partial charge is 0.481 e. The lowest BCUT2D eigenvalue weighted by Crippen LogP contribution is -2.36. The zero-order valence-electron chi connectivity index (χ0n) is 10.5. The molecule has 17 heavy (non-hydrogen) atoms. The molecule has 1 unspecified atom stereocenters. The molecule has 1 aromatic heterocycles. The molecule has 1 atom stereocenters. The molecule has 0 aliphatic carbocycles. The minimum absolute atomic E-state index is 0.0706. The lowest BCUT2D eigenvalue weighted by molar-refractivity contribution is -0.138. The molecule has 4 nitrogen and oxygen atoms in total. The summed E-state index contributed by atoms with van der Waals surface area (Å²) in [5.74, 6) is -0.742. The average Bonchev–Trinajstić information content (AvgIpc) is 2.30. The minimum atomic E-state index is -0.742. The third-order valence-corrected chi connectivity index (χ3v) is 2.88. The summed E-state index contributed by atoms with van der Waals surface area (Å²) in [4.78, 5) is 17.1. The van der Waals surface area contributed by atoms with Crippen LogP contribution in [-0.4, -0.2) is 40.1 Å². The summed E-state index contributed by atoms with van der Waals surface area (Å²) in [6.07, 6.45) is 2.83. The molecule has 0 saturated heterocycles. The standard InChI is InChI=1S/C13H20N2O2/c1-3-15(11(2)10-13(16)17)9-7-12-6-4-5-8-14-12/h4-6,8,11H,3,7,9-10H2,1-2H3,(H,16,17). The number of nitrogens with zero attached hydrogens (tertiary/aromatic N) is 2. The van der Waals surface area contributed by atoms with Gasteiger partial charge < -0.3 is 5.11 Å². The van der Waals surface area contributed by atoms with Crippen LogP contribution in [0.3, 0.4) is 0 Å². The Labute approximate surface area is 102 Å². The van der Waals surface area contributed by atoms with Gasteiger partial charge in [-0.05, 0) is 25.6 Å². The van der Waals surface area contributed by atoms with Gasteiger partial charge >= 0.3 is 5.97 Å². The molecule has 0 radical (unpaired) electrons. The molecule has 0 fully saturated rings. The Kier molecular flexibility index (Phi) is 5.63. The molecule has 1 N–H and O–H groups in total. The van der Waals surface area contributed by atoms with Gasteiger partial charge in [-0.2, -0.15) is 0 Å². The maximum atomic E-state index is 10.7. The van der Waals surface area contributed by atoms with Crippen LogP contribution in [0.4, 0.5) is 0 Å². The van der Waals surface area contributed by atoms with Crippen molar-refractivity contribution in [1.29, 1.82) is 0 Å². The van der Waals surface area contributed by atoms with Crippen LogP contribution in [0, 0.1) is 0 Å². The van der Waals surface area contributed by atoms with Crippen molar-refractivity contribution in [2.45, 2.75) is 32.7 Å². The molecule has 0 aliphatic heterocycles. The molecule has 0 bridgehead atoms. The van der Waals surface area contributed by atoms with Gasteiger partial charge in [-0.15, -0.1) is 0 Å². The summed E-state index contributed by atoms with van der Waals surface area (Å²) in [6, 6.07) is 5.93. The SMILES string of the molecule is CCN(CCc1ccccn1)C(C)CC(=O)O. The molecule has 1 aromatic rings. The van der Waals surface area contributed by atoms with Crippen LogP contribution in [0.15, 0.2) is 24.4 Å². The smallest absolute Gasteiger partial charge is 0.304 e. The number of hydrogen-bond acceptors (Lipinski definition) is 3. The highest BCUT2D eigenvalue weighted by atomic mass is 16.4. The zero-order chi connectivity index (χ0) is 12.7. The number of carboxylic acids is 1. The molecule has 1 rings (SSSR count). The van der Waals surface area contributed by atoms with Gasteiger partial charge in [0.25, 0.3) is 0 Å². The summed E-state index contributed by atoms with van der Waals surface area (Å²) < 4.78 is 0. The quantitative estimate of drug-likeness (QED) is 0.784. The summed E-state index contributed by atoms with van der Waals surface area (Å²) in [5, 5.41) is 8.77. The summed E-state index contributed by atoms with van der Waals surface area (Å²) >= 11 is 0. The molecule has 4 heteroatoms. The lowest BCUT2D eigenvalue weighted by atomic mass is 10.2. The Morgan fingerprint density at radius 3 is 2.82 bits per heavy atom. The van der Waals surface area contributed by atoms with E-state index in [4.69, 9.17) is 5.11 Å². The van der Waals surface area contributed by atoms with Crippen LogP contribution in [0.5, 0.6) is 0 Å². The predicted molar refractivity (Wildman–Crippen MR) is 66.9 cm³/mol. The Bertz CT molecular complexity index is 341.